The molecule has 102 valence electrons. The van der Waals surface area contributed by atoms with E-state index in [0.29, 0.717) is 11.3 Å². The smallest absolute Gasteiger partial charge is 0.258 e. The lowest BCUT2D eigenvalue weighted by molar-refractivity contribution is 1.17. The Hall–Kier alpha value is -2.40. The van der Waals surface area contributed by atoms with Crippen molar-refractivity contribution in [3.63, 3.8) is 0 Å². The number of nitrogens with one attached hydrogen (secondary N) is 1. The molecule has 1 N–H and O–H groups in total. The number of hydrogen-bond acceptors (Lipinski definition) is 2. The summed E-state index contributed by atoms with van der Waals surface area (Å²) in [6, 6.07) is 13.4. The van der Waals surface area contributed by atoms with Gasteiger partial charge in [-0.05, 0) is 34.1 Å². The van der Waals surface area contributed by atoms with Gasteiger partial charge in [0.15, 0.2) is 0 Å². The molecule has 0 saturated heterocycles. The third kappa shape index (κ3) is 1.97. The van der Waals surface area contributed by atoms with Crippen LogP contribution in [0.5, 0.6) is 0 Å². The summed E-state index contributed by atoms with van der Waals surface area (Å²) in [6.45, 7) is 0. The van der Waals surface area contributed by atoms with Gasteiger partial charge in [0.05, 0.1) is 11.3 Å². The van der Waals surface area contributed by atoms with Crippen LogP contribution in [-0.4, -0.2) is 14.4 Å². The number of aromatic nitrogens is 3. The molecule has 0 unspecified atom stereocenters. The van der Waals surface area contributed by atoms with Gasteiger partial charge in [-0.3, -0.25) is 4.79 Å². The van der Waals surface area contributed by atoms with Gasteiger partial charge in [-0.1, -0.05) is 24.3 Å². The Balaban J connectivity index is 2.02. The topological polar surface area (TPSA) is 50.2 Å². The zero-order valence-electron chi connectivity index (χ0n) is 10.9. The number of fused-ring (bicyclic) bond motifs is 2. The molecule has 5 heteroatoms. The molecule has 0 spiro atoms. The molecule has 0 aromatic carbocycles. The fraction of sp³-hybridized carbons (Fsp3) is 0. The number of nitrogens with zero attached hydrogens (tertiary/aromatic N) is 2. The molecular formula is C16H10BrN3O. The maximum atomic E-state index is 12.3. The van der Waals surface area contributed by atoms with E-state index in [0.717, 1.165) is 21.4 Å². The average molecular weight is 340 g/mol. The predicted molar refractivity (Wildman–Crippen MR) is 85.6 cm³/mol. The second-order valence-electron chi connectivity index (χ2n) is 4.81. The fourth-order valence-electron chi connectivity index (χ4n) is 2.52. The van der Waals surface area contributed by atoms with E-state index in [9.17, 15) is 4.79 Å². The molecule has 3 heterocycles. The van der Waals surface area contributed by atoms with Gasteiger partial charge in [0.1, 0.15) is 5.65 Å². The van der Waals surface area contributed by atoms with Crippen molar-refractivity contribution in [1.82, 2.24) is 14.4 Å². The van der Waals surface area contributed by atoms with Crippen LogP contribution in [0.3, 0.4) is 0 Å². The van der Waals surface area contributed by atoms with Gasteiger partial charge in [-0.2, -0.15) is 0 Å². The number of hydrogen-bond donors (Lipinski definition) is 1. The Morgan fingerprint density at radius 1 is 1.05 bits per heavy atom. The first-order chi connectivity index (χ1) is 10.2. The lowest BCUT2D eigenvalue weighted by Crippen LogP contribution is -2.00. The molecule has 21 heavy (non-hydrogen) atoms. The van der Waals surface area contributed by atoms with E-state index in [4.69, 9.17) is 0 Å². The van der Waals surface area contributed by atoms with E-state index in [1.54, 1.807) is 0 Å². The lowest BCUT2D eigenvalue weighted by atomic mass is 10.1. The summed E-state index contributed by atoms with van der Waals surface area (Å²) < 4.78 is 2.87. The first-order valence-corrected chi connectivity index (χ1v) is 7.27. The van der Waals surface area contributed by atoms with Crippen molar-refractivity contribution in [3.8, 4) is 22.5 Å². The summed E-state index contributed by atoms with van der Waals surface area (Å²) in [7, 11) is 0. The van der Waals surface area contributed by atoms with Crippen molar-refractivity contribution < 1.29 is 0 Å². The maximum absolute atomic E-state index is 12.3. The van der Waals surface area contributed by atoms with Gasteiger partial charge in [0.2, 0.25) is 0 Å². The molecule has 0 fully saturated rings. The van der Waals surface area contributed by atoms with Crippen molar-refractivity contribution in [2.24, 2.45) is 0 Å². The van der Waals surface area contributed by atoms with Crippen LogP contribution in [0.2, 0.25) is 0 Å². The van der Waals surface area contributed by atoms with E-state index < -0.39 is 0 Å². The molecule has 2 aromatic rings. The molecule has 4 nitrogen and oxygen atoms in total. The second-order valence-corrected chi connectivity index (χ2v) is 5.72. The minimum atomic E-state index is -0.112. The molecule has 2 aromatic heterocycles. The van der Waals surface area contributed by atoms with Crippen LogP contribution in [0.25, 0.3) is 28.2 Å². The first-order valence-electron chi connectivity index (χ1n) is 6.48. The first kappa shape index (κ1) is 12.3. The van der Waals surface area contributed by atoms with E-state index in [1.807, 2.05) is 59.3 Å². The standard InChI is InChI=1S/C16H10BrN3O/c17-10-6-7-14-18-13(9-20(14)8-10)15-11-4-2-1-3-5-12(11)19-16(15)21/h1-9H,(H,19,21). The van der Waals surface area contributed by atoms with Crippen LogP contribution in [-0.2, 0) is 0 Å². The summed E-state index contributed by atoms with van der Waals surface area (Å²) in [6.07, 6.45) is 3.79. The number of H-pyrrole nitrogens is 1. The van der Waals surface area contributed by atoms with E-state index in [2.05, 4.69) is 25.9 Å². The minimum Gasteiger partial charge on any atom is -0.321 e. The molecule has 4 rings (SSSR count). The predicted octanol–water partition coefficient (Wildman–Crippen LogP) is 3.56. The number of rotatable bonds is 1. The van der Waals surface area contributed by atoms with Gasteiger partial charge in [-0.25, -0.2) is 4.98 Å². The van der Waals surface area contributed by atoms with Crippen LogP contribution >= 0.6 is 15.9 Å². The molecule has 1 aliphatic heterocycles. The van der Waals surface area contributed by atoms with Gasteiger partial charge >= 0.3 is 0 Å². The van der Waals surface area contributed by atoms with Crippen LogP contribution in [0, 0.1) is 0 Å². The molecule has 0 atom stereocenters. The van der Waals surface area contributed by atoms with Crippen LogP contribution in [0.1, 0.15) is 0 Å². The number of pyridine rings is 1. The van der Waals surface area contributed by atoms with Gasteiger partial charge < -0.3 is 9.38 Å². The Kier molecular flexibility index (Phi) is 2.68. The van der Waals surface area contributed by atoms with Crippen LogP contribution in [0.15, 0.2) is 64.1 Å². The number of imidazole rings is 1. The SMILES string of the molecule is O=c1[nH]c2cccccc-2c1-c1cn2cc(Br)ccc2n1. The number of aromatic amines is 1. The maximum Gasteiger partial charge on any atom is 0.258 e. The largest absolute Gasteiger partial charge is 0.321 e. The lowest BCUT2D eigenvalue weighted by Gasteiger charge is -1.94. The summed E-state index contributed by atoms with van der Waals surface area (Å²) in [4.78, 5) is 19.7. The highest BCUT2D eigenvalue weighted by molar-refractivity contribution is 9.10. The summed E-state index contributed by atoms with van der Waals surface area (Å²) in [5, 5.41) is 0. The van der Waals surface area contributed by atoms with Crippen molar-refractivity contribution in [2.45, 2.75) is 0 Å². The van der Waals surface area contributed by atoms with Gasteiger partial charge in [0.25, 0.3) is 5.56 Å². The molecule has 0 radical (unpaired) electrons. The Bertz CT molecular complexity index is 986. The monoisotopic (exact) mass is 339 g/mol. The average Bonchev–Trinajstić information content (AvgIpc) is 2.91. The molecule has 0 amide bonds. The molecule has 0 bridgehead atoms. The van der Waals surface area contributed by atoms with Gasteiger partial charge in [0, 0.05) is 28.1 Å². The summed E-state index contributed by atoms with van der Waals surface area (Å²) in [5.74, 6) is 0. The fourth-order valence-corrected chi connectivity index (χ4v) is 2.87. The van der Waals surface area contributed by atoms with Crippen molar-refractivity contribution in [1.29, 1.82) is 0 Å². The minimum absolute atomic E-state index is 0.112. The molecule has 0 saturated carbocycles. The molecule has 2 aliphatic rings. The van der Waals surface area contributed by atoms with E-state index in [1.165, 1.54) is 0 Å². The highest BCUT2D eigenvalue weighted by Crippen LogP contribution is 2.29. The third-order valence-electron chi connectivity index (χ3n) is 3.45. The van der Waals surface area contributed by atoms with E-state index >= 15 is 0 Å². The van der Waals surface area contributed by atoms with Crippen molar-refractivity contribution >= 4 is 21.6 Å². The van der Waals surface area contributed by atoms with Crippen molar-refractivity contribution in [3.05, 3.63) is 69.7 Å². The zero-order valence-corrected chi connectivity index (χ0v) is 12.5. The Morgan fingerprint density at radius 3 is 2.81 bits per heavy atom. The quantitative estimate of drug-likeness (QED) is 0.576. The molecular weight excluding hydrogens is 330 g/mol. The Labute approximate surface area is 128 Å². The normalized spacial score (nSPS) is 11.3. The van der Waals surface area contributed by atoms with Crippen molar-refractivity contribution in [2.75, 3.05) is 0 Å². The third-order valence-corrected chi connectivity index (χ3v) is 3.92. The number of halogens is 1. The van der Waals surface area contributed by atoms with Crippen LogP contribution < -0.4 is 5.56 Å². The Morgan fingerprint density at radius 2 is 1.90 bits per heavy atom. The second kappa shape index (κ2) is 4.56. The molecule has 1 aliphatic carbocycles. The van der Waals surface area contributed by atoms with Crippen LogP contribution in [0.4, 0.5) is 0 Å². The summed E-state index contributed by atoms with van der Waals surface area (Å²) >= 11 is 3.43. The van der Waals surface area contributed by atoms with E-state index in [-0.39, 0.29) is 5.56 Å². The highest BCUT2D eigenvalue weighted by Gasteiger charge is 2.18. The summed E-state index contributed by atoms with van der Waals surface area (Å²) in [5.41, 5.74) is 3.68. The highest BCUT2D eigenvalue weighted by atomic mass is 79.9. The van der Waals surface area contributed by atoms with Gasteiger partial charge in [-0.15, -0.1) is 0 Å². The zero-order chi connectivity index (χ0) is 14.4.